The molecule has 0 saturated carbocycles. The summed E-state index contributed by atoms with van der Waals surface area (Å²) in [5.74, 6) is 0.356. The predicted octanol–water partition coefficient (Wildman–Crippen LogP) is 2.44. The molecule has 0 radical (unpaired) electrons. The molecular weight excluding hydrogens is 373 g/mol. The van der Waals surface area contributed by atoms with Gasteiger partial charge in [0.25, 0.3) is 0 Å². The van der Waals surface area contributed by atoms with E-state index < -0.39 is 5.82 Å². The minimum atomic E-state index is -0.405. The molecule has 0 bridgehead atoms. The van der Waals surface area contributed by atoms with Gasteiger partial charge in [-0.05, 0) is 36.6 Å². The fourth-order valence-corrected chi connectivity index (χ4v) is 4.03. The first-order chi connectivity index (χ1) is 14.2. The first kappa shape index (κ1) is 17.7. The van der Waals surface area contributed by atoms with Gasteiger partial charge in [0.2, 0.25) is 5.91 Å². The quantitative estimate of drug-likeness (QED) is 0.683. The minimum absolute atomic E-state index is 0.00863. The van der Waals surface area contributed by atoms with Crippen molar-refractivity contribution in [2.75, 3.05) is 18.0 Å². The van der Waals surface area contributed by atoms with Crippen LogP contribution in [0.4, 0.5) is 10.2 Å². The fraction of sp³-hybridized carbons (Fsp3) is 0.350. The molecule has 1 saturated heterocycles. The van der Waals surface area contributed by atoms with Gasteiger partial charge in [0.15, 0.2) is 5.65 Å². The number of hydrazone groups is 1. The number of imidazole rings is 1. The summed E-state index contributed by atoms with van der Waals surface area (Å²) in [7, 11) is 0. The van der Waals surface area contributed by atoms with Gasteiger partial charge in [-0.2, -0.15) is 5.10 Å². The Labute approximate surface area is 166 Å². The lowest BCUT2D eigenvalue weighted by Crippen LogP contribution is -2.41. The van der Waals surface area contributed by atoms with Crippen molar-refractivity contribution in [3.8, 4) is 0 Å². The van der Waals surface area contributed by atoms with Gasteiger partial charge in [0, 0.05) is 50.2 Å². The number of rotatable bonds is 3. The molecule has 9 heteroatoms. The van der Waals surface area contributed by atoms with Crippen molar-refractivity contribution >= 4 is 23.6 Å². The zero-order chi connectivity index (χ0) is 19.8. The van der Waals surface area contributed by atoms with Gasteiger partial charge in [0.1, 0.15) is 11.6 Å². The number of pyridine rings is 1. The highest BCUT2D eigenvalue weighted by Gasteiger charge is 2.35. The minimum Gasteiger partial charge on any atom is -0.355 e. The topological polar surface area (TPSA) is 79.0 Å². The van der Waals surface area contributed by atoms with Gasteiger partial charge in [-0.1, -0.05) is 0 Å². The smallest absolute Gasteiger partial charge is 0.246 e. The van der Waals surface area contributed by atoms with Crippen molar-refractivity contribution in [3.05, 3.63) is 54.4 Å². The maximum absolute atomic E-state index is 13.6. The molecule has 148 valence electrons. The van der Waals surface area contributed by atoms with Gasteiger partial charge >= 0.3 is 0 Å². The van der Waals surface area contributed by atoms with E-state index in [4.69, 9.17) is 0 Å². The lowest BCUT2D eigenvalue weighted by atomic mass is 9.94. The number of amides is 1. The first-order valence-electron chi connectivity index (χ1n) is 9.70. The summed E-state index contributed by atoms with van der Waals surface area (Å²) in [5.41, 5.74) is 1.48. The molecule has 5 heterocycles. The molecule has 1 atom stereocenters. The SMILES string of the molecule is O=C(C1CCN(c2ccc3nccn3n2)CC1)N1N=CCC1c1cncc(F)c1. The highest BCUT2D eigenvalue weighted by Crippen LogP contribution is 2.32. The second-order valence-corrected chi connectivity index (χ2v) is 7.35. The van der Waals surface area contributed by atoms with Gasteiger partial charge in [0.05, 0.1) is 12.2 Å². The van der Waals surface area contributed by atoms with Crippen molar-refractivity contribution in [3.63, 3.8) is 0 Å². The van der Waals surface area contributed by atoms with E-state index in [9.17, 15) is 9.18 Å². The van der Waals surface area contributed by atoms with Crippen LogP contribution in [0.25, 0.3) is 5.65 Å². The number of anilines is 1. The van der Waals surface area contributed by atoms with Crippen molar-refractivity contribution in [2.24, 2.45) is 11.0 Å². The molecule has 3 aromatic rings. The molecule has 1 amide bonds. The zero-order valence-corrected chi connectivity index (χ0v) is 15.7. The van der Waals surface area contributed by atoms with Crippen LogP contribution in [0.15, 0.2) is 48.1 Å². The Hall–Kier alpha value is -3.36. The van der Waals surface area contributed by atoms with E-state index in [1.54, 1.807) is 23.1 Å². The molecular formula is C20H20FN7O. The Balaban J connectivity index is 1.26. The van der Waals surface area contributed by atoms with E-state index in [1.165, 1.54) is 11.1 Å². The number of hydrogen-bond acceptors (Lipinski definition) is 6. The third-order valence-electron chi connectivity index (χ3n) is 5.58. The Kier molecular flexibility index (Phi) is 4.42. The van der Waals surface area contributed by atoms with Gasteiger partial charge < -0.3 is 4.90 Å². The molecule has 0 N–H and O–H groups in total. The van der Waals surface area contributed by atoms with Crippen LogP contribution >= 0.6 is 0 Å². The van der Waals surface area contributed by atoms with E-state index in [0.717, 1.165) is 43.6 Å². The highest BCUT2D eigenvalue weighted by molar-refractivity contribution is 5.82. The van der Waals surface area contributed by atoms with E-state index in [0.29, 0.717) is 12.0 Å². The summed E-state index contributed by atoms with van der Waals surface area (Å²) in [4.78, 5) is 23.4. The number of halogens is 1. The second-order valence-electron chi connectivity index (χ2n) is 7.35. The van der Waals surface area contributed by atoms with Crippen LogP contribution in [0.1, 0.15) is 30.9 Å². The van der Waals surface area contributed by atoms with E-state index in [1.807, 2.05) is 18.3 Å². The first-order valence-corrected chi connectivity index (χ1v) is 9.70. The van der Waals surface area contributed by atoms with Gasteiger partial charge in [-0.25, -0.2) is 18.9 Å². The molecule has 2 aliphatic rings. The van der Waals surface area contributed by atoms with Crippen LogP contribution in [0.2, 0.25) is 0 Å². The average Bonchev–Trinajstić information content (AvgIpc) is 3.42. The van der Waals surface area contributed by atoms with Crippen molar-refractivity contribution in [2.45, 2.75) is 25.3 Å². The molecule has 1 fully saturated rings. The second kappa shape index (κ2) is 7.23. The lowest BCUT2D eigenvalue weighted by Gasteiger charge is -2.34. The van der Waals surface area contributed by atoms with Gasteiger partial charge in [-0.15, -0.1) is 5.10 Å². The summed E-state index contributed by atoms with van der Waals surface area (Å²) in [5, 5.41) is 10.4. The van der Waals surface area contributed by atoms with Crippen molar-refractivity contribution < 1.29 is 9.18 Å². The monoisotopic (exact) mass is 393 g/mol. The zero-order valence-electron chi connectivity index (χ0n) is 15.7. The Morgan fingerprint density at radius 2 is 2.03 bits per heavy atom. The molecule has 0 aromatic carbocycles. The normalized spacial score (nSPS) is 20.0. The molecule has 29 heavy (non-hydrogen) atoms. The summed E-state index contributed by atoms with van der Waals surface area (Å²) >= 11 is 0. The summed E-state index contributed by atoms with van der Waals surface area (Å²) in [6, 6.07) is 5.04. The summed E-state index contributed by atoms with van der Waals surface area (Å²) in [6.07, 6.45) is 10.0. The number of nitrogens with zero attached hydrogens (tertiary/aromatic N) is 7. The number of aromatic nitrogens is 4. The molecule has 5 rings (SSSR count). The van der Waals surface area contributed by atoms with Gasteiger partial charge in [-0.3, -0.25) is 9.78 Å². The predicted molar refractivity (Wildman–Crippen MR) is 105 cm³/mol. The van der Waals surface area contributed by atoms with Crippen LogP contribution in [0.3, 0.4) is 0 Å². The Bertz CT molecular complexity index is 1070. The standard InChI is InChI=1S/C20H20FN7O/c21-16-11-15(12-22-13-16)17-3-6-24-28(17)20(29)14-4-8-26(9-5-14)19-2-1-18-23-7-10-27(18)25-19/h1-2,6-7,10-14,17H,3-5,8-9H2. The maximum atomic E-state index is 13.6. The number of carbonyl (C=O) groups is 1. The lowest BCUT2D eigenvalue weighted by molar-refractivity contribution is -0.138. The number of hydrogen-bond donors (Lipinski definition) is 0. The van der Waals surface area contributed by atoms with Crippen LogP contribution in [-0.4, -0.2) is 49.8 Å². The summed E-state index contributed by atoms with van der Waals surface area (Å²) < 4.78 is 15.3. The van der Waals surface area contributed by atoms with E-state index in [2.05, 4.69) is 25.1 Å². The van der Waals surface area contributed by atoms with Crippen LogP contribution < -0.4 is 4.90 Å². The number of piperidine rings is 1. The highest BCUT2D eigenvalue weighted by atomic mass is 19.1. The van der Waals surface area contributed by atoms with E-state index in [-0.39, 0.29) is 17.9 Å². The maximum Gasteiger partial charge on any atom is 0.246 e. The molecule has 0 spiro atoms. The van der Waals surface area contributed by atoms with E-state index >= 15 is 0 Å². The molecule has 0 aliphatic carbocycles. The third-order valence-corrected chi connectivity index (χ3v) is 5.58. The fourth-order valence-electron chi connectivity index (χ4n) is 4.03. The number of fused-ring (bicyclic) bond motifs is 1. The third kappa shape index (κ3) is 3.32. The Morgan fingerprint density at radius 1 is 1.17 bits per heavy atom. The van der Waals surface area contributed by atoms with Crippen molar-refractivity contribution in [1.82, 2.24) is 24.6 Å². The summed E-state index contributed by atoms with van der Waals surface area (Å²) in [6.45, 7) is 1.49. The molecule has 8 nitrogen and oxygen atoms in total. The Morgan fingerprint density at radius 3 is 2.86 bits per heavy atom. The van der Waals surface area contributed by atoms with Crippen LogP contribution in [0.5, 0.6) is 0 Å². The van der Waals surface area contributed by atoms with Crippen LogP contribution in [-0.2, 0) is 4.79 Å². The van der Waals surface area contributed by atoms with Crippen molar-refractivity contribution in [1.29, 1.82) is 0 Å². The number of carbonyl (C=O) groups excluding carboxylic acids is 1. The largest absolute Gasteiger partial charge is 0.355 e. The average molecular weight is 393 g/mol. The molecule has 1 unspecified atom stereocenters. The molecule has 3 aromatic heterocycles. The van der Waals surface area contributed by atoms with Crippen LogP contribution in [0, 0.1) is 11.7 Å². The molecule has 2 aliphatic heterocycles.